The summed E-state index contributed by atoms with van der Waals surface area (Å²) in [4.78, 5) is 18.8. The smallest absolute Gasteiger partial charge is 0.444 e. The van der Waals surface area contributed by atoms with Crippen LogP contribution < -0.4 is 5.46 Å². The van der Waals surface area contributed by atoms with E-state index in [9.17, 15) is 14.8 Å². The average molecular weight is 356 g/mol. The van der Waals surface area contributed by atoms with E-state index in [1.807, 2.05) is 39.1 Å². The Hall–Kier alpha value is -2.12. The van der Waals surface area contributed by atoms with Gasteiger partial charge in [0.2, 0.25) is 0 Å². The molecule has 2 aliphatic heterocycles. The summed E-state index contributed by atoms with van der Waals surface area (Å²) < 4.78 is 5.53. The number of rotatable bonds is 3. The van der Waals surface area contributed by atoms with Crippen molar-refractivity contribution in [3.05, 3.63) is 41.6 Å². The number of hydrogen-bond acceptors (Lipinski definition) is 5. The first-order valence-corrected chi connectivity index (χ1v) is 8.96. The molecule has 0 radical (unpaired) electrons. The van der Waals surface area contributed by atoms with Crippen molar-refractivity contribution in [2.24, 2.45) is 4.99 Å². The van der Waals surface area contributed by atoms with E-state index in [0.717, 1.165) is 29.7 Å². The largest absolute Gasteiger partial charge is 0.488 e. The molecule has 0 aromatic heterocycles. The Morgan fingerprint density at radius 3 is 2.58 bits per heavy atom. The highest BCUT2D eigenvalue weighted by Crippen LogP contribution is 2.31. The quantitative estimate of drug-likeness (QED) is 0.810. The van der Waals surface area contributed by atoms with Gasteiger partial charge < -0.3 is 19.7 Å². The number of amides is 1. The summed E-state index contributed by atoms with van der Waals surface area (Å²) in [5.41, 5.74) is 2.94. The number of hydrogen-bond donors (Lipinski definition) is 2. The van der Waals surface area contributed by atoms with Gasteiger partial charge in [-0.1, -0.05) is 24.3 Å². The number of nitrogens with zero attached hydrogens (tertiary/aromatic N) is 2. The van der Waals surface area contributed by atoms with Crippen LogP contribution in [0, 0.1) is 0 Å². The van der Waals surface area contributed by atoms with Crippen LogP contribution in [0.3, 0.4) is 0 Å². The molecule has 0 saturated carbocycles. The third-order valence-electron chi connectivity index (χ3n) is 4.61. The van der Waals surface area contributed by atoms with Crippen molar-refractivity contribution in [2.75, 3.05) is 6.54 Å². The van der Waals surface area contributed by atoms with Crippen LogP contribution in [0.5, 0.6) is 0 Å². The lowest BCUT2D eigenvalue weighted by Gasteiger charge is -2.29. The molecular weight excluding hydrogens is 331 g/mol. The van der Waals surface area contributed by atoms with E-state index in [4.69, 9.17) is 4.74 Å². The van der Waals surface area contributed by atoms with Gasteiger partial charge in [-0.05, 0) is 50.2 Å². The van der Waals surface area contributed by atoms with Gasteiger partial charge in [-0.25, -0.2) is 4.79 Å². The van der Waals surface area contributed by atoms with E-state index in [0.29, 0.717) is 18.4 Å². The van der Waals surface area contributed by atoms with Gasteiger partial charge in [0.05, 0.1) is 11.8 Å². The van der Waals surface area contributed by atoms with E-state index in [1.165, 1.54) is 0 Å². The Morgan fingerprint density at radius 1 is 1.27 bits per heavy atom. The van der Waals surface area contributed by atoms with Gasteiger partial charge in [-0.15, -0.1) is 0 Å². The first kappa shape index (κ1) is 18.7. The molecule has 138 valence electrons. The van der Waals surface area contributed by atoms with E-state index in [1.54, 1.807) is 17.0 Å². The molecule has 0 aliphatic carbocycles. The molecule has 1 amide bonds. The van der Waals surface area contributed by atoms with Crippen molar-refractivity contribution >= 4 is 24.4 Å². The molecule has 7 heteroatoms. The van der Waals surface area contributed by atoms with Crippen molar-refractivity contribution in [1.82, 2.24) is 4.90 Å². The van der Waals surface area contributed by atoms with E-state index in [2.05, 4.69) is 4.99 Å². The van der Waals surface area contributed by atoms with Crippen LogP contribution >= 0.6 is 0 Å². The third kappa shape index (κ3) is 4.16. The van der Waals surface area contributed by atoms with Crippen molar-refractivity contribution in [1.29, 1.82) is 0 Å². The van der Waals surface area contributed by atoms with Crippen molar-refractivity contribution in [3.63, 3.8) is 0 Å². The average Bonchev–Trinajstić information content (AvgIpc) is 3.22. The molecule has 1 saturated heterocycles. The first-order valence-electron chi connectivity index (χ1n) is 8.96. The van der Waals surface area contributed by atoms with Gasteiger partial charge in [0.25, 0.3) is 0 Å². The van der Waals surface area contributed by atoms with Gasteiger partial charge >= 0.3 is 13.2 Å². The summed E-state index contributed by atoms with van der Waals surface area (Å²) in [5.74, 6) is 0. The molecule has 1 fully saturated rings. The number of likely N-dealkylation sites (tertiary alicyclic amines) is 1. The second-order valence-electron chi connectivity index (χ2n) is 7.78. The minimum Gasteiger partial charge on any atom is -0.444 e. The van der Waals surface area contributed by atoms with Gasteiger partial charge in [0.1, 0.15) is 5.60 Å². The summed E-state index contributed by atoms with van der Waals surface area (Å²) in [6, 6.07) is 7.08. The molecular formula is C19H25BN2O4. The maximum atomic E-state index is 12.5. The standard InChI is InChI=1S/C19H25BN2O4/c1-19(2,3)26-18(23)22-10-4-5-17(22)14-11-16(21-12-14)13-6-8-15(9-7-13)20(24)25/h6-9,12,17,24-25H,4-5,10-11H2,1-3H3. The summed E-state index contributed by atoms with van der Waals surface area (Å²) in [5, 5.41) is 18.4. The highest BCUT2D eigenvalue weighted by atomic mass is 16.6. The van der Waals surface area contributed by atoms with Gasteiger partial charge in [0, 0.05) is 19.2 Å². The summed E-state index contributed by atoms with van der Waals surface area (Å²) in [6.07, 6.45) is 4.15. The highest BCUT2D eigenvalue weighted by Gasteiger charge is 2.35. The van der Waals surface area contributed by atoms with Crippen LogP contribution in [0.1, 0.15) is 45.6 Å². The van der Waals surface area contributed by atoms with Crippen molar-refractivity contribution < 1.29 is 19.6 Å². The molecule has 6 nitrogen and oxygen atoms in total. The van der Waals surface area contributed by atoms with Crippen LogP contribution in [0.4, 0.5) is 4.79 Å². The predicted octanol–water partition coefficient (Wildman–Crippen LogP) is 1.84. The lowest BCUT2D eigenvalue weighted by Crippen LogP contribution is -2.40. The summed E-state index contributed by atoms with van der Waals surface area (Å²) in [7, 11) is -1.47. The minimum absolute atomic E-state index is 0.0321. The molecule has 0 spiro atoms. The second-order valence-corrected chi connectivity index (χ2v) is 7.78. The van der Waals surface area contributed by atoms with E-state index >= 15 is 0 Å². The molecule has 1 atom stereocenters. The lowest BCUT2D eigenvalue weighted by molar-refractivity contribution is 0.0248. The molecule has 3 rings (SSSR count). The number of carbonyl (C=O) groups is 1. The molecule has 26 heavy (non-hydrogen) atoms. The topological polar surface area (TPSA) is 82.4 Å². The van der Waals surface area contributed by atoms with E-state index < -0.39 is 12.7 Å². The zero-order chi connectivity index (χ0) is 18.9. The van der Waals surface area contributed by atoms with Crippen molar-refractivity contribution in [3.8, 4) is 0 Å². The molecule has 1 aromatic carbocycles. The molecule has 2 aliphatic rings. The first-order chi connectivity index (χ1) is 12.2. The van der Waals surface area contributed by atoms with Crippen LogP contribution in [-0.4, -0.2) is 52.1 Å². The Kier molecular flexibility index (Phi) is 5.21. The zero-order valence-corrected chi connectivity index (χ0v) is 15.5. The monoisotopic (exact) mass is 356 g/mol. The Labute approximate surface area is 154 Å². The molecule has 2 heterocycles. The molecule has 1 unspecified atom stereocenters. The fraction of sp³-hybridized carbons (Fsp3) is 0.474. The summed E-state index contributed by atoms with van der Waals surface area (Å²) >= 11 is 0. The van der Waals surface area contributed by atoms with Crippen LogP contribution in [0.15, 0.2) is 41.0 Å². The van der Waals surface area contributed by atoms with Gasteiger partial charge in [-0.3, -0.25) is 4.99 Å². The number of benzene rings is 1. The Morgan fingerprint density at radius 2 is 1.96 bits per heavy atom. The van der Waals surface area contributed by atoms with Gasteiger partial charge in [0.15, 0.2) is 0 Å². The number of ether oxygens (including phenoxy) is 1. The Bertz CT molecular complexity index is 735. The van der Waals surface area contributed by atoms with Crippen LogP contribution in [-0.2, 0) is 4.74 Å². The normalized spacial score (nSPS) is 20.0. The fourth-order valence-corrected chi connectivity index (χ4v) is 3.36. The third-order valence-corrected chi connectivity index (χ3v) is 4.61. The van der Waals surface area contributed by atoms with Gasteiger partial charge in [-0.2, -0.15) is 0 Å². The maximum absolute atomic E-state index is 12.5. The fourth-order valence-electron chi connectivity index (χ4n) is 3.36. The SMILES string of the molecule is CC(C)(C)OC(=O)N1CCCC1C1=CN=C(c2ccc(B(O)O)cc2)C1. The zero-order valence-electron chi connectivity index (χ0n) is 15.5. The van der Waals surface area contributed by atoms with Crippen molar-refractivity contribution in [2.45, 2.75) is 51.7 Å². The summed E-state index contributed by atoms with van der Waals surface area (Å²) in [6.45, 7) is 6.33. The number of carbonyl (C=O) groups excluding carboxylic acids is 1. The minimum atomic E-state index is -1.47. The maximum Gasteiger partial charge on any atom is 0.488 e. The van der Waals surface area contributed by atoms with E-state index in [-0.39, 0.29) is 12.1 Å². The molecule has 2 N–H and O–H groups in total. The Balaban J connectivity index is 1.66. The predicted molar refractivity (Wildman–Crippen MR) is 101 cm³/mol. The van der Waals surface area contributed by atoms with Crippen LogP contribution in [0.25, 0.3) is 0 Å². The lowest BCUT2D eigenvalue weighted by atomic mass is 9.80. The number of aliphatic imine (C=N–C) groups is 1. The molecule has 1 aromatic rings. The second kappa shape index (κ2) is 7.25. The molecule has 0 bridgehead atoms. The van der Waals surface area contributed by atoms with Crippen LogP contribution in [0.2, 0.25) is 0 Å². The highest BCUT2D eigenvalue weighted by molar-refractivity contribution is 6.58.